The smallest absolute Gasteiger partial charge is 0.193 e. The number of carbonyl (C=O) groups is 1. The van der Waals surface area contributed by atoms with E-state index in [9.17, 15) is 9.18 Å². The Morgan fingerprint density at radius 1 is 0.739 bits per heavy atom. The van der Waals surface area contributed by atoms with Crippen molar-refractivity contribution < 1.29 is 9.18 Å². The third-order valence-electron chi connectivity index (χ3n) is 3.97. The topological polar surface area (TPSA) is 17.1 Å². The Kier molecular flexibility index (Phi) is 4.07. The van der Waals surface area contributed by atoms with E-state index in [-0.39, 0.29) is 11.6 Å². The van der Waals surface area contributed by atoms with Gasteiger partial charge in [0.2, 0.25) is 0 Å². The molecule has 2 heteroatoms. The molecule has 0 aliphatic heterocycles. The zero-order valence-electron chi connectivity index (χ0n) is 13.1. The lowest BCUT2D eigenvalue weighted by molar-refractivity contribution is 0.103. The fourth-order valence-electron chi connectivity index (χ4n) is 2.46. The van der Waals surface area contributed by atoms with Crippen LogP contribution in [0.1, 0.15) is 27.0 Å². The van der Waals surface area contributed by atoms with E-state index in [4.69, 9.17) is 0 Å². The van der Waals surface area contributed by atoms with Gasteiger partial charge in [0.25, 0.3) is 0 Å². The molecule has 1 nitrogen and oxygen atoms in total. The van der Waals surface area contributed by atoms with Crippen LogP contribution in [-0.4, -0.2) is 5.78 Å². The first-order valence-corrected chi connectivity index (χ1v) is 7.52. The van der Waals surface area contributed by atoms with Crippen LogP contribution in [0, 0.1) is 19.7 Å². The number of ketones is 1. The Morgan fingerprint density at radius 3 is 1.83 bits per heavy atom. The van der Waals surface area contributed by atoms with E-state index in [2.05, 4.69) is 24.3 Å². The Hall–Kier alpha value is -2.74. The molecule has 0 aliphatic carbocycles. The highest BCUT2D eigenvalue weighted by molar-refractivity contribution is 6.09. The van der Waals surface area contributed by atoms with E-state index in [0.717, 1.165) is 11.1 Å². The van der Waals surface area contributed by atoms with Gasteiger partial charge in [-0.2, -0.15) is 0 Å². The van der Waals surface area contributed by atoms with Gasteiger partial charge in [-0.3, -0.25) is 4.79 Å². The zero-order chi connectivity index (χ0) is 16.4. The normalized spacial score (nSPS) is 10.6. The fraction of sp³-hybridized carbons (Fsp3) is 0.0952. The highest BCUT2D eigenvalue weighted by Gasteiger charge is 2.11. The van der Waals surface area contributed by atoms with Crippen molar-refractivity contribution in [1.29, 1.82) is 0 Å². The summed E-state index contributed by atoms with van der Waals surface area (Å²) in [5.74, 6) is -0.522. The Morgan fingerprint density at radius 2 is 1.26 bits per heavy atom. The Bertz CT molecular complexity index is 846. The molecule has 0 saturated heterocycles. The first-order valence-electron chi connectivity index (χ1n) is 7.52. The summed E-state index contributed by atoms with van der Waals surface area (Å²) in [6.07, 6.45) is 0. The minimum Gasteiger partial charge on any atom is -0.289 e. The SMILES string of the molecule is Cc1ccc(-c2ccc(C(=O)c3ccc(C)c(F)c3)cc2)cc1. The number of halogens is 1. The van der Waals surface area contributed by atoms with Gasteiger partial charge in [-0.05, 0) is 36.6 Å². The average Bonchev–Trinajstić information content (AvgIpc) is 2.57. The number of hydrogen-bond acceptors (Lipinski definition) is 1. The minimum absolute atomic E-state index is 0.167. The van der Waals surface area contributed by atoms with Crippen molar-refractivity contribution in [1.82, 2.24) is 0 Å². The van der Waals surface area contributed by atoms with Crippen molar-refractivity contribution in [2.45, 2.75) is 13.8 Å². The molecule has 0 radical (unpaired) electrons. The van der Waals surface area contributed by atoms with E-state index in [1.165, 1.54) is 11.6 Å². The first-order chi connectivity index (χ1) is 11.0. The maximum absolute atomic E-state index is 13.6. The van der Waals surface area contributed by atoms with E-state index in [0.29, 0.717) is 16.7 Å². The van der Waals surface area contributed by atoms with Crippen LogP contribution in [0.4, 0.5) is 4.39 Å². The summed E-state index contributed by atoms with van der Waals surface area (Å²) in [5.41, 5.74) is 4.84. The lowest BCUT2D eigenvalue weighted by Crippen LogP contribution is -2.02. The van der Waals surface area contributed by atoms with Gasteiger partial charge in [-0.25, -0.2) is 4.39 Å². The second kappa shape index (κ2) is 6.17. The quantitative estimate of drug-likeness (QED) is 0.597. The van der Waals surface area contributed by atoms with Gasteiger partial charge in [0, 0.05) is 11.1 Å². The van der Waals surface area contributed by atoms with Crippen molar-refractivity contribution in [3.8, 4) is 11.1 Å². The van der Waals surface area contributed by atoms with Crippen LogP contribution in [0.25, 0.3) is 11.1 Å². The number of aryl methyl sites for hydroxylation is 2. The standard InChI is InChI=1S/C21H17FO/c1-14-3-6-16(7-4-14)17-9-11-18(12-10-17)21(23)19-8-5-15(2)20(22)13-19/h3-13H,1-2H3. The molecule has 0 aliphatic rings. The van der Waals surface area contributed by atoms with Gasteiger partial charge < -0.3 is 0 Å². The molecule has 0 amide bonds. The van der Waals surface area contributed by atoms with Crippen LogP contribution < -0.4 is 0 Å². The second-order valence-corrected chi connectivity index (χ2v) is 5.74. The fourth-order valence-corrected chi connectivity index (χ4v) is 2.46. The highest BCUT2D eigenvalue weighted by Crippen LogP contribution is 2.21. The maximum atomic E-state index is 13.6. The number of carbonyl (C=O) groups excluding carboxylic acids is 1. The summed E-state index contributed by atoms with van der Waals surface area (Å²) in [6, 6.07) is 20.2. The molecular weight excluding hydrogens is 287 g/mol. The molecule has 0 spiro atoms. The van der Waals surface area contributed by atoms with Gasteiger partial charge in [-0.1, -0.05) is 66.2 Å². The van der Waals surface area contributed by atoms with Crippen LogP contribution in [0.3, 0.4) is 0 Å². The molecule has 0 fully saturated rings. The highest BCUT2D eigenvalue weighted by atomic mass is 19.1. The van der Waals surface area contributed by atoms with Crippen LogP contribution in [0.15, 0.2) is 66.7 Å². The number of rotatable bonds is 3. The van der Waals surface area contributed by atoms with E-state index in [1.54, 1.807) is 31.2 Å². The average molecular weight is 304 g/mol. The molecule has 0 N–H and O–H groups in total. The largest absolute Gasteiger partial charge is 0.289 e. The summed E-state index contributed by atoms with van der Waals surface area (Å²) in [4.78, 5) is 12.4. The maximum Gasteiger partial charge on any atom is 0.193 e. The molecule has 0 heterocycles. The van der Waals surface area contributed by atoms with E-state index in [1.807, 2.05) is 19.1 Å². The number of benzene rings is 3. The molecule has 0 saturated carbocycles. The third-order valence-corrected chi connectivity index (χ3v) is 3.97. The molecule has 0 aromatic heterocycles. The zero-order valence-corrected chi connectivity index (χ0v) is 13.1. The predicted molar refractivity (Wildman–Crippen MR) is 91.2 cm³/mol. The minimum atomic E-state index is -0.355. The third kappa shape index (κ3) is 3.21. The summed E-state index contributed by atoms with van der Waals surface area (Å²) < 4.78 is 13.6. The lowest BCUT2D eigenvalue weighted by Gasteiger charge is -2.06. The molecule has 3 rings (SSSR count). The summed E-state index contributed by atoms with van der Waals surface area (Å²) in [6.45, 7) is 3.73. The van der Waals surface area contributed by atoms with Gasteiger partial charge in [0.05, 0.1) is 0 Å². The van der Waals surface area contributed by atoms with Gasteiger partial charge >= 0.3 is 0 Å². The first kappa shape index (κ1) is 15.2. The van der Waals surface area contributed by atoms with E-state index < -0.39 is 0 Å². The van der Waals surface area contributed by atoms with Crippen molar-refractivity contribution in [3.63, 3.8) is 0 Å². The van der Waals surface area contributed by atoms with E-state index >= 15 is 0 Å². The molecule has 0 atom stereocenters. The van der Waals surface area contributed by atoms with Gasteiger partial charge in [0.1, 0.15) is 5.82 Å². The molecule has 3 aromatic rings. The Balaban J connectivity index is 1.88. The molecule has 0 unspecified atom stereocenters. The van der Waals surface area contributed by atoms with Gasteiger partial charge in [0.15, 0.2) is 5.78 Å². The van der Waals surface area contributed by atoms with Crippen LogP contribution in [0.5, 0.6) is 0 Å². The summed E-state index contributed by atoms with van der Waals surface area (Å²) in [5, 5.41) is 0. The summed E-state index contributed by atoms with van der Waals surface area (Å²) in [7, 11) is 0. The molecule has 23 heavy (non-hydrogen) atoms. The van der Waals surface area contributed by atoms with Crippen LogP contribution >= 0.6 is 0 Å². The molecule has 0 bridgehead atoms. The predicted octanol–water partition coefficient (Wildman–Crippen LogP) is 5.34. The Labute approximate surface area is 135 Å². The van der Waals surface area contributed by atoms with Crippen molar-refractivity contribution >= 4 is 5.78 Å². The van der Waals surface area contributed by atoms with Crippen molar-refractivity contribution in [2.24, 2.45) is 0 Å². The molecule has 114 valence electrons. The summed E-state index contributed by atoms with van der Waals surface area (Å²) >= 11 is 0. The monoisotopic (exact) mass is 304 g/mol. The lowest BCUT2D eigenvalue weighted by atomic mass is 9.98. The van der Waals surface area contributed by atoms with Gasteiger partial charge in [-0.15, -0.1) is 0 Å². The van der Waals surface area contributed by atoms with Crippen molar-refractivity contribution in [2.75, 3.05) is 0 Å². The van der Waals surface area contributed by atoms with Crippen molar-refractivity contribution in [3.05, 3.63) is 94.8 Å². The molecular formula is C21H17FO. The molecule has 3 aromatic carbocycles. The van der Waals surface area contributed by atoms with Crippen LogP contribution in [-0.2, 0) is 0 Å². The second-order valence-electron chi connectivity index (χ2n) is 5.74. The number of hydrogen-bond donors (Lipinski definition) is 0. The van der Waals surface area contributed by atoms with Crippen LogP contribution in [0.2, 0.25) is 0 Å².